The number of carboxylic acid groups (broad SMARTS) is 1. The van der Waals surface area contributed by atoms with Crippen molar-refractivity contribution in [1.29, 1.82) is 0 Å². The van der Waals surface area contributed by atoms with Gasteiger partial charge in [-0.3, -0.25) is 9.59 Å². The van der Waals surface area contributed by atoms with Crippen LogP contribution in [-0.2, 0) is 19.1 Å². The molecule has 0 radical (unpaired) electrons. The molecular weight excluding hydrogens is 316 g/mol. The number of carbonyl (C=O) groups is 3. The van der Waals surface area contributed by atoms with Crippen LogP contribution in [0.2, 0.25) is 0 Å². The summed E-state index contributed by atoms with van der Waals surface area (Å²) in [5.41, 5.74) is 0. The lowest BCUT2D eigenvalue weighted by Crippen LogP contribution is -2.49. The largest absolute Gasteiger partial charge is 0.481 e. The lowest BCUT2D eigenvalue weighted by Gasteiger charge is -2.24. The Morgan fingerprint density at radius 3 is 1.83 bits per heavy atom. The van der Waals surface area contributed by atoms with E-state index in [2.05, 4.69) is 4.74 Å². The smallest absolute Gasteiger partial charge is 0.345 e. The maximum atomic E-state index is 11.2. The van der Waals surface area contributed by atoms with Crippen molar-refractivity contribution >= 4 is 17.9 Å². The van der Waals surface area contributed by atoms with Crippen molar-refractivity contribution < 1.29 is 49.8 Å². The van der Waals surface area contributed by atoms with E-state index in [1.165, 1.54) is 0 Å². The van der Waals surface area contributed by atoms with Gasteiger partial charge in [-0.15, -0.1) is 0 Å². The van der Waals surface area contributed by atoms with Gasteiger partial charge < -0.3 is 35.4 Å². The Morgan fingerprint density at radius 2 is 1.48 bits per heavy atom. The minimum Gasteiger partial charge on any atom is -0.481 e. The Balaban J connectivity index is 0. The van der Waals surface area contributed by atoms with E-state index in [4.69, 9.17) is 15.3 Å². The van der Waals surface area contributed by atoms with Crippen molar-refractivity contribution in [1.82, 2.24) is 0 Å². The molecule has 0 bridgehead atoms. The molecule has 0 aromatic carbocycles. The van der Waals surface area contributed by atoms with Crippen molar-refractivity contribution in [2.45, 2.75) is 57.5 Å². The van der Waals surface area contributed by atoms with Gasteiger partial charge in [-0.05, 0) is 6.42 Å². The first-order valence-corrected chi connectivity index (χ1v) is 6.91. The van der Waals surface area contributed by atoms with Gasteiger partial charge in [0.1, 0.15) is 18.3 Å². The van der Waals surface area contributed by atoms with Crippen LogP contribution in [0.4, 0.5) is 0 Å². The van der Waals surface area contributed by atoms with Crippen LogP contribution in [0.5, 0.6) is 0 Å². The molecular formula is C13H24O10. The second-order valence-electron chi connectivity index (χ2n) is 4.47. The molecule has 0 saturated carbocycles. The van der Waals surface area contributed by atoms with Crippen LogP contribution in [-0.4, -0.2) is 79.6 Å². The van der Waals surface area contributed by atoms with Crippen LogP contribution in [0.25, 0.3) is 0 Å². The zero-order valence-electron chi connectivity index (χ0n) is 13.0. The summed E-state index contributed by atoms with van der Waals surface area (Å²) in [6, 6.07) is 0. The van der Waals surface area contributed by atoms with Crippen molar-refractivity contribution in [3.8, 4) is 0 Å². The summed E-state index contributed by atoms with van der Waals surface area (Å²) >= 11 is 0. The third-order valence-electron chi connectivity index (χ3n) is 2.47. The van der Waals surface area contributed by atoms with Gasteiger partial charge >= 0.3 is 17.9 Å². The van der Waals surface area contributed by atoms with Gasteiger partial charge in [0.2, 0.25) is 0 Å². The number of carboxylic acids is 1. The van der Waals surface area contributed by atoms with Gasteiger partial charge in [0.05, 0.1) is 6.61 Å². The Bertz CT molecular complexity index is 370. The van der Waals surface area contributed by atoms with Gasteiger partial charge in [0, 0.05) is 12.8 Å². The zero-order chi connectivity index (χ0) is 18.6. The summed E-state index contributed by atoms with van der Waals surface area (Å²) in [7, 11) is 0. The highest BCUT2D eigenvalue weighted by Gasteiger charge is 2.35. The fraction of sp³-hybridized carbons (Fsp3) is 0.769. The Hall–Kier alpha value is -1.59. The predicted octanol–water partition coefficient (Wildman–Crippen LogP) is -2.23. The molecule has 0 fully saturated rings. The van der Waals surface area contributed by atoms with E-state index in [1.807, 2.05) is 0 Å². The van der Waals surface area contributed by atoms with Crippen LogP contribution in [0, 0.1) is 0 Å². The highest BCUT2D eigenvalue weighted by atomic mass is 16.6. The second kappa shape index (κ2) is 12.9. The number of hydrogen-bond acceptors (Lipinski definition) is 9. The molecule has 0 heterocycles. The normalized spacial score (nSPS) is 15.4. The van der Waals surface area contributed by atoms with Gasteiger partial charge in [-0.1, -0.05) is 13.8 Å². The molecule has 10 nitrogen and oxygen atoms in total. The first-order valence-electron chi connectivity index (χ1n) is 6.91. The molecule has 0 aliphatic heterocycles. The zero-order valence-corrected chi connectivity index (χ0v) is 13.0. The van der Waals surface area contributed by atoms with E-state index < -0.39 is 48.9 Å². The molecule has 10 heteroatoms. The summed E-state index contributed by atoms with van der Waals surface area (Å²) in [5.74, 6) is -3.04. The third kappa shape index (κ3) is 10.7. The molecule has 4 atom stereocenters. The molecule has 0 aromatic heterocycles. The monoisotopic (exact) mass is 340 g/mol. The number of carbonyl (C=O) groups excluding carboxylic acids is 2. The standard InChI is InChI=1S/C10H18O8.C3H6O2/c1-2-3-6(13)18-10(17)9(16)8(15)7(14)5(12)4-11;1-2-3(4)5/h5,7-9,11-12,14-16H,2-4H2,1H3;2H2,1H3,(H,4,5)/t5-,7-,8+,9-;/m1./s1. The molecule has 0 unspecified atom stereocenters. The number of aliphatic hydroxyl groups excluding tert-OH is 5. The Labute approximate surface area is 132 Å². The number of hydrogen-bond donors (Lipinski definition) is 6. The molecule has 0 saturated heterocycles. The van der Waals surface area contributed by atoms with E-state index in [-0.39, 0.29) is 12.8 Å². The Kier molecular flexibility index (Phi) is 13.3. The quantitative estimate of drug-likeness (QED) is 0.209. The van der Waals surface area contributed by atoms with Crippen LogP contribution >= 0.6 is 0 Å². The van der Waals surface area contributed by atoms with E-state index in [0.717, 1.165) is 0 Å². The fourth-order valence-electron chi connectivity index (χ4n) is 1.09. The van der Waals surface area contributed by atoms with E-state index in [9.17, 15) is 29.7 Å². The van der Waals surface area contributed by atoms with E-state index in [1.54, 1.807) is 13.8 Å². The Morgan fingerprint density at radius 1 is 1.00 bits per heavy atom. The summed E-state index contributed by atoms with van der Waals surface area (Å²) in [4.78, 5) is 31.5. The first kappa shape index (κ1) is 23.7. The van der Waals surface area contributed by atoms with Crippen molar-refractivity contribution in [2.75, 3.05) is 6.61 Å². The van der Waals surface area contributed by atoms with Crippen LogP contribution < -0.4 is 0 Å². The minimum atomic E-state index is -2.19. The van der Waals surface area contributed by atoms with Crippen molar-refractivity contribution in [3.63, 3.8) is 0 Å². The molecule has 0 aliphatic rings. The number of aliphatic hydroxyl groups is 5. The fourth-order valence-corrected chi connectivity index (χ4v) is 1.09. The maximum Gasteiger partial charge on any atom is 0.345 e. The molecule has 0 spiro atoms. The van der Waals surface area contributed by atoms with E-state index >= 15 is 0 Å². The van der Waals surface area contributed by atoms with Gasteiger partial charge in [0.25, 0.3) is 0 Å². The average Bonchev–Trinajstić information content (AvgIpc) is 2.52. The van der Waals surface area contributed by atoms with Crippen LogP contribution in [0.1, 0.15) is 33.1 Å². The summed E-state index contributed by atoms with van der Waals surface area (Å²) in [6.45, 7) is 2.41. The van der Waals surface area contributed by atoms with Crippen molar-refractivity contribution in [3.05, 3.63) is 0 Å². The predicted molar refractivity (Wildman–Crippen MR) is 75.0 cm³/mol. The average molecular weight is 340 g/mol. The molecule has 0 rings (SSSR count). The topological polar surface area (TPSA) is 182 Å². The van der Waals surface area contributed by atoms with E-state index in [0.29, 0.717) is 6.42 Å². The highest BCUT2D eigenvalue weighted by molar-refractivity contribution is 5.88. The van der Waals surface area contributed by atoms with Gasteiger partial charge in [-0.25, -0.2) is 4.79 Å². The third-order valence-corrected chi connectivity index (χ3v) is 2.47. The number of rotatable bonds is 8. The molecule has 0 aliphatic carbocycles. The first-order chi connectivity index (χ1) is 10.6. The molecule has 6 N–H and O–H groups in total. The van der Waals surface area contributed by atoms with Gasteiger partial charge in [-0.2, -0.15) is 0 Å². The highest BCUT2D eigenvalue weighted by Crippen LogP contribution is 2.07. The summed E-state index contributed by atoms with van der Waals surface area (Å²) in [6.07, 6.45) is -7.31. The van der Waals surface area contributed by atoms with Crippen LogP contribution in [0.15, 0.2) is 0 Å². The number of aliphatic carboxylic acids is 1. The summed E-state index contributed by atoms with van der Waals surface area (Å²) in [5, 5.41) is 53.1. The molecule has 0 aromatic rings. The van der Waals surface area contributed by atoms with Crippen LogP contribution in [0.3, 0.4) is 0 Å². The lowest BCUT2D eigenvalue weighted by atomic mass is 10.0. The lowest BCUT2D eigenvalue weighted by molar-refractivity contribution is -0.176. The summed E-state index contributed by atoms with van der Waals surface area (Å²) < 4.78 is 4.19. The van der Waals surface area contributed by atoms with Crippen molar-refractivity contribution in [2.24, 2.45) is 0 Å². The molecule has 23 heavy (non-hydrogen) atoms. The molecule has 136 valence electrons. The number of ether oxygens (including phenoxy) is 1. The second-order valence-corrected chi connectivity index (χ2v) is 4.47. The number of esters is 2. The molecule has 0 amide bonds. The SMILES string of the molecule is CCC(=O)O.CCCC(=O)OC(=O)[C@H](O)[C@@H](O)[C@H](O)[C@H](O)CO. The van der Waals surface area contributed by atoms with Gasteiger partial charge in [0.15, 0.2) is 6.10 Å². The maximum absolute atomic E-state index is 11.2. The minimum absolute atomic E-state index is 0.0314.